The fourth-order valence-corrected chi connectivity index (χ4v) is 1.62. The Kier molecular flexibility index (Phi) is 3.76. The van der Waals surface area contributed by atoms with Gasteiger partial charge in [-0.2, -0.15) is 0 Å². The van der Waals surface area contributed by atoms with E-state index in [2.05, 4.69) is 16.5 Å². The molecule has 0 fully saturated rings. The molecule has 0 spiro atoms. The summed E-state index contributed by atoms with van der Waals surface area (Å²) in [6, 6.07) is 11.0. The minimum Gasteiger partial charge on any atom is -0.285 e. The summed E-state index contributed by atoms with van der Waals surface area (Å²) >= 11 is 0. The highest BCUT2D eigenvalue weighted by molar-refractivity contribution is 5.95. The fourth-order valence-electron chi connectivity index (χ4n) is 1.62. The van der Waals surface area contributed by atoms with E-state index < -0.39 is 0 Å². The van der Waals surface area contributed by atoms with Crippen molar-refractivity contribution in [1.82, 2.24) is 9.97 Å². The van der Waals surface area contributed by atoms with Crippen molar-refractivity contribution in [3.05, 3.63) is 78.4 Å². The summed E-state index contributed by atoms with van der Waals surface area (Å²) in [4.78, 5) is 19.5. The molecular formula is C15H11N2O. The Balaban J connectivity index is 2.67. The van der Waals surface area contributed by atoms with Crippen molar-refractivity contribution in [3.63, 3.8) is 0 Å². The lowest BCUT2D eigenvalue weighted by atomic mass is 10.0. The van der Waals surface area contributed by atoms with Crippen LogP contribution < -0.4 is 0 Å². The van der Waals surface area contributed by atoms with E-state index in [9.17, 15) is 4.79 Å². The number of aromatic nitrogens is 2. The van der Waals surface area contributed by atoms with Gasteiger partial charge in [-0.05, 0) is 24.3 Å². The molecule has 0 amide bonds. The summed E-state index contributed by atoms with van der Waals surface area (Å²) in [5.74, 6) is 0. The molecule has 2 heterocycles. The van der Waals surface area contributed by atoms with E-state index in [1.807, 2.05) is 42.7 Å². The highest BCUT2D eigenvalue weighted by atomic mass is 16.1. The molecule has 0 saturated carbocycles. The maximum atomic E-state index is 11.0. The van der Waals surface area contributed by atoms with Gasteiger partial charge in [0.1, 0.15) is 0 Å². The molecular weight excluding hydrogens is 224 g/mol. The Hall–Kier alpha value is -2.55. The molecule has 18 heavy (non-hydrogen) atoms. The van der Waals surface area contributed by atoms with Crippen molar-refractivity contribution in [2.45, 2.75) is 0 Å². The Morgan fingerprint density at radius 3 is 1.94 bits per heavy atom. The van der Waals surface area contributed by atoms with Gasteiger partial charge in [-0.25, -0.2) is 0 Å². The van der Waals surface area contributed by atoms with Crippen molar-refractivity contribution in [2.75, 3.05) is 0 Å². The van der Waals surface area contributed by atoms with Crippen LogP contribution in [0.3, 0.4) is 0 Å². The molecule has 0 unspecified atom stereocenters. The van der Waals surface area contributed by atoms with Gasteiger partial charge in [-0.15, -0.1) is 0 Å². The Bertz CT molecular complexity index is 522. The zero-order valence-electron chi connectivity index (χ0n) is 9.71. The Morgan fingerprint density at radius 2 is 1.61 bits per heavy atom. The molecule has 0 atom stereocenters. The van der Waals surface area contributed by atoms with Crippen molar-refractivity contribution < 1.29 is 4.79 Å². The molecule has 0 bridgehead atoms. The van der Waals surface area contributed by atoms with Crippen LogP contribution in [0.2, 0.25) is 0 Å². The molecule has 2 aromatic heterocycles. The standard InChI is InChI=1S/C15H11N2O/c1-2-12(11-18)15(13-7-3-5-9-16-13)14-8-4-6-10-17-14/h2-10H,1H2. The largest absolute Gasteiger partial charge is 0.285 e. The topological polar surface area (TPSA) is 42.9 Å². The first-order valence-corrected chi connectivity index (χ1v) is 5.44. The fraction of sp³-hybridized carbons (Fsp3) is 0. The summed E-state index contributed by atoms with van der Waals surface area (Å²) in [7, 11) is 0. The van der Waals surface area contributed by atoms with E-state index in [0.717, 1.165) is 0 Å². The number of nitrogens with zero attached hydrogens (tertiary/aromatic N) is 2. The van der Waals surface area contributed by atoms with Gasteiger partial charge in [-0.1, -0.05) is 24.8 Å². The molecule has 0 aliphatic heterocycles. The number of pyridine rings is 2. The second-order valence-corrected chi connectivity index (χ2v) is 3.52. The molecule has 3 nitrogen and oxygen atoms in total. The van der Waals surface area contributed by atoms with E-state index in [0.29, 0.717) is 22.5 Å². The van der Waals surface area contributed by atoms with Gasteiger partial charge < -0.3 is 0 Å². The predicted molar refractivity (Wildman–Crippen MR) is 70.4 cm³/mol. The average molecular weight is 235 g/mol. The SMILES string of the molecule is C=CC([C]=O)=C(c1ccccn1)c1ccccn1. The molecule has 2 rings (SSSR count). The first-order valence-electron chi connectivity index (χ1n) is 5.44. The van der Waals surface area contributed by atoms with E-state index in [-0.39, 0.29) is 0 Å². The summed E-state index contributed by atoms with van der Waals surface area (Å²) in [6.45, 7) is 3.63. The smallest absolute Gasteiger partial charge is 0.234 e. The maximum Gasteiger partial charge on any atom is 0.234 e. The molecule has 0 saturated heterocycles. The molecule has 0 aromatic carbocycles. The summed E-state index contributed by atoms with van der Waals surface area (Å²) in [5, 5.41) is 0. The molecule has 0 N–H and O–H groups in total. The maximum absolute atomic E-state index is 11.0. The number of hydrogen-bond donors (Lipinski definition) is 0. The lowest BCUT2D eigenvalue weighted by Crippen LogP contribution is -1.98. The highest BCUT2D eigenvalue weighted by Gasteiger charge is 2.12. The molecule has 2 aromatic rings. The van der Waals surface area contributed by atoms with Crippen LogP contribution in [0.15, 0.2) is 67.0 Å². The first kappa shape index (κ1) is 11.9. The van der Waals surface area contributed by atoms with Gasteiger partial charge in [0.2, 0.25) is 6.29 Å². The van der Waals surface area contributed by atoms with Crippen LogP contribution in [-0.4, -0.2) is 16.3 Å². The summed E-state index contributed by atoms with van der Waals surface area (Å²) < 4.78 is 0. The molecule has 87 valence electrons. The molecule has 3 heteroatoms. The van der Waals surface area contributed by atoms with Gasteiger partial charge in [-0.3, -0.25) is 14.8 Å². The minimum atomic E-state index is 0.354. The highest BCUT2D eigenvalue weighted by Crippen LogP contribution is 2.23. The van der Waals surface area contributed by atoms with Crippen molar-refractivity contribution >= 4 is 11.9 Å². The normalized spacial score (nSPS) is 9.56. The summed E-state index contributed by atoms with van der Waals surface area (Å²) in [6.07, 6.45) is 6.69. The van der Waals surface area contributed by atoms with Crippen molar-refractivity contribution in [1.29, 1.82) is 0 Å². The number of hydrogen-bond acceptors (Lipinski definition) is 3. The third-order valence-electron chi connectivity index (χ3n) is 2.43. The third kappa shape index (κ3) is 2.40. The van der Waals surface area contributed by atoms with Crippen molar-refractivity contribution in [3.8, 4) is 0 Å². The van der Waals surface area contributed by atoms with Gasteiger partial charge in [0.15, 0.2) is 0 Å². The van der Waals surface area contributed by atoms with Crippen LogP contribution >= 0.6 is 0 Å². The van der Waals surface area contributed by atoms with Crippen molar-refractivity contribution in [2.24, 2.45) is 0 Å². The van der Waals surface area contributed by atoms with E-state index >= 15 is 0 Å². The van der Waals surface area contributed by atoms with E-state index in [1.54, 1.807) is 12.4 Å². The zero-order valence-corrected chi connectivity index (χ0v) is 9.71. The van der Waals surface area contributed by atoms with Crippen LogP contribution in [0.1, 0.15) is 11.4 Å². The number of carbonyl (C=O) groups excluding carboxylic acids is 1. The third-order valence-corrected chi connectivity index (χ3v) is 2.43. The van der Waals surface area contributed by atoms with Gasteiger partial charge in [0, 0.05) is 23.5 Å². The van der Waals surface area contributed by atoms with Crippen LogP contribution in [0.5, 0.6) is 0 Å². The van der Waals surface area contributed by atoms with Crippen LogP contribution in [-0.2, 0) is 4.79 Å². The number of rotatable bonds is 4. The monoisotopic (exact) mass is 235 g/mol. The van der Waals surface area contributed by atoms with Crippen LogP contribution in [0.4, 0.5) is 0 Å². The Labute approximate surface area is 106 Å². The number of allylic oxidation sites excluding steroid dienone is 2. The predicted octanol–water partition coefficient (Wildman–Crippen LogP) is 2.57. The lowest BCUT2D eigenvalue weighted by Gasteiger charge is -2.07. The van der Waals surface area contributed by atoms with Gasteiger partial charge in [0.05, 0.1) is 11.4 Å². The molecule has 1 radical (unpaired) electrons. The second kappa shape index (κ2) is 5.68. The average Bonchev–Trinajstić information content (AvgIpc) is 2.46. The zero-order chi connectivity index (χ0) is 12.8. The van der Waals surface area contributed by atoms with E-state index in [1.165, 1.54) is 6.08 Å². The van der Waals surface area contributed by atoms with Gasteiger partial charge >= 0.3 is 0 Å². The summed E-state index contributed by atoms with van der Waals surface area (Å²) in [5.41, 5.74) is 2.34. The molecule has 0 aliphatic carbocycles. The van der Waals surface area contributed by atoms with Crippen LogP contribution in [0, 0.1) is 0 Å². The Morgan fingerprint density at radius 1 is 1.06 bits per heavy atom. The van der Waals surface area contributed by atoms with E-state index in [4.69, 9.17) is 0 Å². The lowest BCUT2D eigenvalue weighted by molar-refractivity contribution is 0.563. The van der Waals surface area contributed by atoms with Gasteiger partial charge in [0.25, 0.3) is 0 Å². The quantitative estimate of drug-likeness (QED) is 0.604. The minimum absolute atomic E-state index is 0.354. The van der Waals surface area contributed by atoms with Crippen LogP contribution in [0.25, 0.3) is 5.57 Å². The molecule has 0 aliphatic rings. The first-order chi connectivity index (χ1) is 8.86. The second-order valence-electron chi connectivity index (χ2n) is 3.52.